The van der Waals surface area contributed by atoms with Gasteiger partial charge in [-0.05, 0) is 23.1 Å². The number of carbonyl (C=O) groups is 4. The van der Waals surface area contributed by atoms with Crippen LogP contribution in [0.4, 0.5) is 5.69 Å². The fourth-order valence-corrected chi connectivity index (χ4v) is 4.98. The van der Waals surface area contributed by atoms with Gasteiger partial charge in [0, 0.05) is 18.5 Å². The molecule has 4 atom stereocenters. The molecule has 14 heteroatoms. The van der Waals surface area contributed by atoms with Crippen molar-refractivity contribution in [2.45, 2.75) is 70.5 Å². The van der Waals surface area contributed by atoms with Crippen molar-refractivity contribution in [1.29, 1.82) is 0 Å². The van der Waals surface area contributed by atoms with Gasteiger partial charge in [0.2, 0.25) is 17.7 Å². The fourth-order valence-electron chi connectivity index (χ4n) is 4.98. The summed E-state index contributed by atoms with van der Waals surface area (Å²) in [6.45, 7) is 3.64. The summed E-state index contributed by atoms with van der Waals surface area (Å²) in [5.74, 6) is -2.27. The van der Waals surface area contributed by atoms with Crippen LogP contribution in [0.15, 0.2) is 54.6 Å². The Morgan fingerprint density at radius 3 is 2.44 bits per heavy atom. The molecule has 0 unspecified atom stereocenters. The predicted molar refractivity (Wildman–Crippen MR) is 154 cm³/mol. The molecule has 43 heavy (non-hydrogen) atoms. The number of nitrogens with one attached hydrogen (secondary N) is 4. The van der Waals surface area contributed by atoms with E-state index in [1.807, 2.05) is 25.1 Å². The zero-order valence-corrected chi connectivity index (χ0v) is 23.9. The van der Waals surface area contributed by atoms with Crippen molar-refractivity contribution in [3.63, 3.8) is 0 Å². The van der Waals surface area contributed by atoms with E-state index in [2.05, 4.69) is 36.6 Å². The van der Waals surface area contributed by atoms with Crippen molar-refractivity contribution in [3.8, 4) is 0 Å². The third kappa shape index (κ3) is 7.99. The van der Waals surface area contributed by atoms with Gasteiger partial charge in [0.1, 0.15) is 18.1 Å². The minimum absolute atomic E-state index is 0.0288. The molecule has 0 spiro atoms. The zero-order valence-electron chi connectivity index (χ0n) is 23.9. The first-order valence-corrected chi connectivity index (χ1v) is 14.1. The lowest BCUT2D eigenvalue weighted by molar-refractivity contribution is -0.135. The molecular formula is C29H36N8O6. The van der Waals surface area contributed by atoms with Gasteiger partial charge in [-0.15, -0.1) is 10.2 Å². The van der Waals surface area contributed by atoms with Crippen LogP contribution in [0.25, 0.3) is 0 Å². The average molecular weight is 593 g/mol. The molecule has 4 amide bonds. The van der Waals surface area contributed by atoms with E-state index in [4.69, 9.17) is 0 Å². The lowest BCUT2D eigenvalue weighted by Gasteiger charge is -2.31. The molecule has 0 aliphatic carbocycles. The standard InChI is InChI=1S/C29H36N8O6/c1-3-17(2)26(32-24(38)13-18-9-5-4-6-10-18)28(42)31-20(15-25(39)40)29(43)37-21-12-8-7-11-19(21)14-22(37)27(41)30-16-23-33-35-36-34-23/h4-12,17,20,22,25-26,39-40H,3,13-16H2,1-2H3,(H,30,41)(H,31,42)(H,32,38)(H,33,34,35,36)/t17-,20+,22-,26-/m0/s1. The van der Waals surface area contributed by atoms with E-state index in [9.17, 15) is 29.4 Å². The maximum Gasteiger partial charge on any atom is 0.250 e. The summed E-state index contributed by atoms with van der Waals surface area (Å²) in [4.78, 5) is 55.0. The number of rotatable bonds is 13. The van der Waals surface area contributed by atoms with Crippen LogP contribution in [-0.2, 0) is 38.6 Å². The topological polar surface area (TPSA) is 203 Å². The van der Waals surface area contributed by atoms with Crippen LogP contribution in [0.1, 0.15) is 43.6 Å². The molecule has 228 valence electrons. The van der Waals surface area contributed by atoms with E-state index >= 15 is 0 Å². The van der Waals surface area contributed by atoms with Crippen LogP contribution < -0.4 is 20.9 Å². The average Bonchev–Trinajstić information content (AvgIpc) is 3.66. The SMILES string of the molecule is CC[C@H](C)[C@H](NC(=O)Cc1ccccc1)C(=O)N[C@H](CC(O)O)C(=O)N1c2ccccc2C[C@H]1C(=O)NCc1nn[nH]n1. The van der Waals surface area contributed by atoms with Gasteiger partial charge in [0.25, 0.3) is 5.91 Å². The van der Waals surface area contributed by atoms with Crippen molar-refractivity contribution in [2.75, 3.05) is 4.90 Å². The summed E-state index contributed by atoms with van der Waals surface area (Å²) in [5, 5.41) is 41.2. The number of nitrogens with zero attached hydrogens (tertiary/aromatic N) is 4. The van der Waals surface area contributed by atoms with E-state index in [0.29, 0.717) is 12.1 Å². The number of aliphatic hydroxyl groups is 2. The number of para-hydroxylation sites is 1. The van der Waals surface area contributed by atoms with E-state index in [0.717, 1.165) is 11.1 Å². The first-order chi connectivity index (χ1) is 20.7. The summed E-state index contributed by atoms with van der Waals surface area (Å²) < 4.78 is 0. The lowest BCUT2D eigenvalue weighted by atomic mass is 9.97. The molecule has 1 aliphatic heterocycles. The van der Waals surface area contributed by atoms with E-state index < -0.39 is 48.6 Å². The quantitative estimate of drug-likeness (QED) is 0.144. The summed E-state index contributed by atoms with van der Waals surface area (Å²) in [6.07, 6.45) is -1.66. The van der Waals surface area contributed by atoms with Crippen molar-refractivity contribution < 1.29 is 29.4 Å². The zero-order chi connectivity index (χ0) is 30.9. The number of carbonyl (C=O) groups excluding carboxylic acids is 4. The highest BCUT2D eigenvalue weighted by Crippen LogP contribution is 2.33. The van der Waals surface area contributed by atoms with Gasteiger partial charge in [-0.3, -0.25) is 24.1 Å². The van der Waals surface area contributed by atoms with Crippen LogP contribution in [0.3, 0.4) is 0 Å². The minimum Gasteiger partial charge on any atom is -0.368 e. The van der Waals surface area contributed by atoms with Crippen molar-refractivity contribution in [1.82, 2.24) is 36.6 Å². The minimum atomic E-state index is -1.94. The predicted octanol–water partition coefficient (Wildman–Crippen LogP) is -0.267. The highest BCUT2D eigenvalue weighted by molar-refractivity contribution is 6.07. The third-order valence-electron chi connectivity index (χ3n) is 7.41. The Kier molecular flexibility index (Phi) is 10.5. The summed E-state index contributed by atoms with van der Waals surface area (Å²) in [5.41, 5.74) is 1.97. The van der Waals surface area contributed by atoms with Gasteiger partial charge >= 0.3 is 0 Å². The summed E-state index contributed by atoms with van der Waals surface area (Å²) in [6, 6.07) is 12.7. The molecule has 1 aliphatic rings. The lowest BCUT2D eigenvalue weighted by Crippen LogP contribution is -2.59. The summed E-state index contributed by atoms with van der Waals surface area (Å²) in [7, 11) is 0. The van der Waals surface area contributed by atoms with Crippen molar-refractivity contribution in [2.24, 2.45) is 5.92 Å². The second kappa shape index (κ2) is 14.5. The first kappa shape index (κ1) is 31.3. The maximum absolute atomic E-state index is 14.0. The number of aromatic amines is 1. The third-order valence-corrected chi connectivity index (χ3v) is 7.41. The Morgan fingerprint density at radius 1 is 1.05 bits per heavy atom. The van der Waals surface area contributed by atoms with E-state index in [1.165, 1.54) is 4.90 Å². The van der Waals surface area contributed by atoms with Gasteiger partial charge in [-0.1, -0.05) is 74.0 Å². The van der Waals surface area contributed by atoms with Crippen LogP contribution in [0.5, 0.6) is 0 Å². The normalized spacial score (nSPS) is 16.2. The van der Waals surface area contributed by atoms with E-state index in [-0.39, 0.29) is 37.0 Å². The number of benzene rings is 2. The second-order valence-electron chi connectivity index (χ2n) is 10.5. The smallest absolute Gasteiger partial charge is 0.250 e. The Labute approximate surface area is 248 Å². The van der Waals surface area contributed by atoms with Crippen LogP contribution >= 0.6 is 0 Å². The molecule has 4 rings (SSSR count). The van der Waals surface area contributed by atoms with Gasteiger partial charge in [0.15, 0.2) is 12.1 Å². The largest absolute Gasteiger partial charge is 0.368 e. The Bertz CT molecular complexity index is 1400. The molecule has 0 saturated heterocycles. The van der Waals surface area contributed by atoms with Gasteiger partial charge < -0.3 is 26.2 Å². The highest BCUT2D eigenvalue weighted by Gasteiger charge is 2.42. The molecule has 0 bridgehead atoms. The number of tetrazole rings is 1. The molecule has 0 fully saturated rings. The van der Waals surface area contributed by atoms with Crippen LogP contribution in [-0.4, -0.2) is 78.9 Å². The molecule has 2 heterocycles. The molecule has 3 aromatic rings. The van der Waals surface area contributed by atoms with Gasteiger partial charge in [-0.2, -0.15) is 5.21 Å². The number of aromatic nitrogens is 4. The Balaban J connectivity index is 1.54. The number of anilines is 1. The second-order valence-corrected chi connectivity index (χ2v) is 10.5. The van der Waals surface area contributed by atoms with Crippen molar-refractivity contribution >= 4 is 29.3 Å². The van der Waals surface area contributed by atoms with Crippen LogP contribution in [0, 0.1) is 5.92 Å². The number of fused-ring (bicyclic) bond motifs is 1. The maximum atomic E-state index is 14.0. The van der Waals surface area contributed by atoms with E-state index in [1.54, 1.807) is 43.3 Å². The first-order valence-electron chi connectivity index (χ1n) is 14.1. The number of H-pyrrole nitrogens is 1. The highest BCUT2D eigenvalue weighted by atomic mass is 16.5. The number of hydrogen-bond acceptors (Lipinski definition) is 9. The molecular weight excluding hydrogens is 556 g/mol. The fraction of sp³-hybridized carbons (Fsp3) is 0.414. The molecule has 0 saturated carbocycles. The Hall–Kier alpha value is -4.69. The Morgan fingerprint density at radius 2 is 1.77 bits per heavy atom. The van der Waals surface area contributed by atoms with Gasteiger partial charge in [0.05, 0.1) is 13.0 Å². The molecule has 2 aromatic carbocycles. The molecule has 14 nitrogen and oxygen atoms in total. The van der Waals surface area contributed by atoms with Crippen LogP contribution in [0.2, 0.25) is 0 Å². The summed E-state index contributed by atoms with van der Waals surface area (Å²) >= 11 is 0. The van der Waals surface area contributed by atoms with Crippen molar-refractivity contribution in [3.05, 3.63) is 71.5 Å². The molecule has 6 N–H and O–H groups in total. The molecule has 0 radical (unpaired) electrons. The molecule has 1 aromatic heterocycles. The van der Waals surface area contributed by atoms with Gasteiger partial charge in [-0.25, -0.2) is 0 Å². The number of hydrogen-bond donors (Lipinski definition) is 6. The number of aliphatic hydroxyl groups excluding tert-OH is 1. The monoisotopic (exact) mass is 592 g/mol. The number of amides is 4.